The van der Waals surface area contributed by atoms with Crippen LogP contribution in [0.1, 0.15) is 11.1 Å². The minimum atomic E-state index is -0.401. The lowest BCUT2D eigenvalue weighted by molar-refractivity contribution is -0.123. The normalized spacial score (nSPS) is 14.5. The minimum Gasteiger partial charge on any atom is -0.493 e. The maximum absolute atomic E-state index is 12.8. The molecule has 3 aromatic rings. The molecule has 1 fully saturated rings. The maximum atomic E-state index is 12.8. The van der Waals surface area contributed by atoms with Crippen LogP contribution in [0.2, 0.25) is 10.0 Å². The summed E-state index contributed by atoms with van der Waals surface area (Å²) in [6, 6.07) is 20.1. The van der Waals surface area contributed by atoms with Crippen molar-refractivity contribution in [1.82, 2.24) is 4.90 Å². The number of ether oxygens (including phenoxy) is 3. The molecule has 0 radical (unpaired) electrons. The van der Waals surface area contributed by atoms with E-state index in [1.165, 1.54) is 7.11 Å². The molecule has 0 N–H and O–H groups in total. The fourth-order valence-corrected chi connectivity index (χ4v) is 4.67. The van der Waals surface area contributed by atoms with Crippen LogP contribution < -0.4 is 14.2 Å². The fourth-order valence-electron chi connectivity index (χ4n) is 3.35. The number of carbonyl (C=O) groups is 2. The van der Waals surface area contributed by atoms with Gasteiger partial charge < -0.3 is 14.2 Å². The number of nitrogens with zero attached hydrogens (tertiary/aromatic N) is 1. The summed E-state index contributed by atoms with van der Waals surface area (Å²) < 4.78 is 16.9. The minimum absolute atomic E-state index is 0.101. The summed E-state index contributed by atoms with van der Waals surface area (Å²) in [5, 5.41) is 0.423. The second kappa shape index (κ2) is 11.5. The molecule has 0 atom stereocenters. The number of methoxy groups -OCH3 is 1. The molecule has 4 rings (SSSR count). The molecule has 0 unspecified atom stereocenters. The fraction of sp³-hybridized carbons (Fsp3) is 0.154. The van der Waals surface area contributed by atoms with E-state index in [9.17, 15) is 9.59 Å². The van der Waals surface area contributed by atoms with E-state index < -0.39 is 5.91 Å². The topological polar surface area (TPSA) is 65.1 Å². The predicted octanol–water partition coefficient (Wildman–Crippen LogP) is 6.70. The molecule has 2 amide bonds. The van der Waals surface area contributed by atoms with Gasteiger partial charge in [-0.1, -0.05) is 65.7 Å². The first-order valence-corrected chi connectivity index (χ1v) is 12.2. The Bertz CT molecular complexity index is 1270. The summed E-state index contributed by atoms with van der Waals surface area (Å²) >= 11 is 13.4. The van der Waals surface area contributed by atoms with Crippen LogP contribution in [0, 0.1) is 0 Å². The molecule has 6 nitrogen and oxygen atoms in total. The number of imide groups is 1. The number of hydrogen-bond donors (Lipinski definition) is 0. The second-order valence-electron chi connectivity index (χ2n) is 7.42. The van der Waals surface area contributed by atoms with E-state index in [4.69, 9.17) is 37.4 Å². The Morgan fingerprint density at radius 1 is 0.914 bits per heavy atom. The van der Waals surface area contributed by atoms with E-state index >= 15 is 0 Å². The van der Waals surface area contributed by atoms with Crippen molar-refractivity contribution in [1.29, 1.82) is 0 Å². The highest BCUT2D eigenvalue weighted by atomic mass is 35.5. The molecule has 35 heavy (non-hydrogen) atoms. The van der Waals surface area contributed by atoms with Crippen molar-refractivity contribution >= 4 is 52.2 Å². The Labute approximate surface area is 217 Å². The van der Waals surface area contributed by atoms with Gasteiger partial charge in [0.2, 0.25) is 0 Å². The van der Waals surface area contributed by atoms with Gasteiger partial charge in [0.05, 0.1) is 28.6 Å². The number of carbonyl (C=O) groups excluding carboxylic acids is 2. The number of para-hydroxylation sites is 1. The van der Waals surface area contributed by atoms with Gasteiger partial charge in [-0.05, 0) is 53.2 Å². The average molecular weight is 530 g/mol. The van der Waals surface area contributed by atoms with Gasteiger partial charge >= 0.3 is 0 Å². The van der Waals surface area contributed by atoms with Gasteiger partial charge in [0.15, 0.2) is 11.5 Å². The van der Waals surface area contributed by atoms with Gasteiger partial charge in [0, 0.05) is 0 Å². The van der Waals surface area contributed by atoms with Crippen LogP contribution in [0.3, 0.4) is 0 Å². The van der Waals surface area contributed by atoms with Gasteiger partial charge in [-0.25, -0.2) is 0 Å². The van der Waals surface area contributed by atoms with Crippen LogP contribution in [0.4, 0.5) is 4.79 Å². The zero-order valence-corrected chi connectivity index (χ0v) is 21.0. The van der Waals surface area contributed by atoms with E-state index in [0.717, 1.165) is 22.2 Å². The first-order chi connectivity index (χ1) is 17.0. The average Bonchev–Trinajstić information content (AvgIpc) is 3.12. The zero-order valence-electron chi connectivity index (χ0n) is 18.7. The first kappa shape index (κ1) is 25.0. The first-order valence-electron chi connectivity index (χ1n) is 10.6. The van der Waals surface area contributed by atoms with Gasteiger partial charge in [0.25, 0.3) is 11.1 Å². The Morgan fingerprint density at radius 3 is 2.40 bits per heavy atom. The monoisotopic (exact) mass is 529 g/mol. The van der Waals surface area contributed by atoms with Crippen molar-refractivity contribution in [2.24, 2.45) is 0 Å². The van der Waals surface area contributed by atoms with Crippen molar-refractivity contribution in [2.75, 3.05) is 20.3 Å². The third-order valence-electron chi connectivity index (χ3n) is 5.06. The highest BCUT2D eigenvalue weighted by Crippen LogP contribution is 2.39. The summed E-state index contributed by atoms with van der Waals surface area (Å²) in [4.78, 5) is 26.7. The Morgan fingerprint density at radius 2 is 1.66 bits per heavy atom. The number of benzene rings is 3. The molecule has 0 saturated carbocycles. The molecule has 3 aromatic carbocycles. The molecule has 0 aliphatic carbocycles. The second-order valence-corrected chi connectivity index (χ2v) is 9.23. The highest BCUT2D eigenvalue weighted by molar-refractivity contribution is 8.18. The van der Waals surface area contributed by atoms with Crippen LogP contribution in [0.5, 0.6) is 17.2 Å². The molecular weight excluding hydrogens is 509 g/mol. The number of halogens is 2. The SMILES string of the molecule is COc1cc(/C=C2\SC(=O)N(CCOc3ccccc3Cl)C2=O)cc(Cl)c1OCc1ccccc1. The highest BCUT2D eigenvalue weighted by Gasteiger charge is 2.35. The summed E-state index contributed by atoms with van der Waals surface area (Å²) in [5.41, 5.74) is 1.60. The predicted molar refractivity (Wildman–Crippen MR) is 138 cm³/mol. The lowest BCUT2D eigenvalue weighted by Gasteiger charge is -2.14. The molecule has 0 aromatic heterocycles. The molecule has 1 aliphatic heterocycles. The molecule has 9 heteroatoms. The van der Waals surface area contributed by atoms with E-state index in [-0.39, 0.29) is 23.3 Å². The van der Waals surface area contributed by atoms with E-state index in [0.29, 0.717) is 39.5 Å². The standard InChI is InChI=1S/C26H21Cl2NO5S/c1-32-22-14-18(13-20(28)24(22)34-16-17-7-3-2-4-8-17)15-23-25(30)29(26(31)35-23)11-12-33-21-10-6-5-9-19(21)27/h2-10,13-15H,11-12,16H2,1H3/b23-15-. The molecule has 180 valence electrons. The Balaban J connectivity index is 1.44. The largest absolute Gasteiger partial charge is 0.493 e. The van der Waals surface area contributed by atoms with E-state index in [2.05, 4.69) is 0 Å². The Hall–Kier alpha value is -3.13. The number of thioether (sulfide) groups is 1. The number of rotatable bonds is 9. The van der Waals surface area contributed by atoms with E-state index in [1.807, 2.05) is 30.3 Å². The maximum Gasteiger partial charge on any atom is 0.293 e. The molecule has 0 bridgehead atoms. The van der Waals surface area contributed by atoms with Crippen LogP contribution in [0.25, 0.3) is 6.08 Å². The van der Waals surface area contributed by atoms with Gasteiger partial charge in [0.1, 0.15) is 19.0 Å². The molecule has 1 aliphatic rings. The number of amides is 2. The van der Waals surface area contributed by atoms with Crippen molar-refractivity contribution in [2.45, 2.75) is 6.61 Å². The summed E-state index contributed by atoms with van der Waals surface area (Å²) in [7, 11) is 1.51. The van der Waals surface area contributed by atoms with Crippen LogP contribution in [-0.2, 0) is 11.4 Å². The molecule has 1 heterocycles. The zero-order chi connectivity index (χ0) is 24.8. The van der Waals surface area contributed by atoms with Crippen LogP contribution in [-0.4, -0.2) is 36.3 Å². The molecule has 0 spiro atoms. The van der Waals surface area contributed by atoms with Gasteiger partial charge in [-0.15, -0.1) is 0 Å². The van der Waals surface area contributed by atoms with Crippen molar-refractivity contribution in [3.63, 3.8) is 0 Å². The van der Waals surface area contributed by atoms with Crippen molar-refractivity contribution in [3.05, 3.63) is 92.8 Å². The van der Waals surface area contributed by atoms with Crippen LogP contribution in [0.15, 0.2) is 71.6 Å². The molecular formula is C26H21Cl2NO5S. The van der Waals surface area contributed by atoms with Crippen molar-refractivity contribution in [3.8, 4) is 17.2 Å². The van der Waals surface area contributed by atoms with Crippen molar-refractivity contribution < 1.29 is 23.8 Å². The lowest BCUT2D eigenvalue weighted by Crippen LogP contribution is -2.32. The quantitative estimate of drug-likeness (QED) is 0.287. The van der Waals surface area contributed by atoms with Crippen LogP contribution >= 0.6 is 35.0 Å². The smallest absolute Gasteiger partial charge is 0.293 e. The summed E-state index contributed by atoms with van der Waals surface area (Å²) in [6.45, 7) is 0.553. The summed E-state index contributed by atoms with van der Waals surface area (Å²) in [5.74, 6) is 0.919. The van der Waals surface area contributed by atoms with E-state index in [1.54, 1.807) is 42.5 Å². The Kier molecular flexibility index (Phi) is 8.23. The number of hydrogen-bond acceptors (Lipinski definition) is 6. The third-order valence-corrected chi connectivity index (χ3v) is 6.56. The lowest BCUT2D eigenvalue weighted by atomic mass is 10.1. The summed E-state index contributed by atoms with van der Waals surface area (Å²) in [6.07, 6.45) is 1.61. The van der Waals surface area contributed by atoms with Gasteiger partial charge in [-0.3, -0.25) is 14.5 Å². The third kappa shape index (κ3) is 6.11. The van der Waals surface area contributed by atoms with Gasteiger partial charge in [-0.2, -0.15) is 0 Å². The molecule has 1 saturated heterocycles.